The predicted octanol–water partition coefficient (Wildman–Crippen LogP) is 0.761. The number of carboxylic acids is 1. The van der Waals surface area contributed by atoms with Crippen molar-refractivity contribution in [3.8, 4) is 0 Å². The van der Waals surface area contributed by atoms with E-state index in [2.05, 4.69) is 11.7 Å². The lowest BCUT2D eigenvalue weighted by Gasteiger charge is -2.38. The van der Waals surface area contributed by atoms with Gasteiger partial charge in [-0.3, -0.25) is 4.68 Å². The fraction of sp³-hybridized carbons (Fsp3) is 0.364. The van der Waals surface area contributed by atoms with Gasteiger partial charge in [0.25, 0.3) is 0 Å². The Morgan fingerprint density at radius 3 is 2.89 bits per heavy atom. The minimum atomic E-state index is -1.06. The number of carbonyl (C=O) groups is 2. The number of hydrogen-bond donors (Lipinski definition) is 1. The average molecular weight is 251 g/mol. The van der Waals surface area contributed by atoms with Gasteiger partial charge in [-0.05, 0) is 6.07 Å². The minimum Gasteiger partial charge on any atom is -0.476 e. The first-order chi connectivity index (χ1) is 8.61. The van der Waals surface area contributed by atoms with Crippen molar-refractivity contribution < 1.29 is 19.4 Å². The maximum atomic E-state index is 11.4. The Morgan fingerprint density at radius 2 is 2.33 bits per heavy atom. The molecule has 1 aromatic heterocycles. The number of rotatable bonds is 4. The Balaban J connectivity index is 1.86. The van der Waals surface area contributed by atoms with Crippen molar-refractivity contribution in [3.05, 3.63) is 30.6 Å². The van der Waals surface area contributed by atoms with E-state index in [9.17, 15) is 9.59 Å². The Hall–Kier alpha value is -2.31. The molecule has 1 amide bonds. The molecule has 0 radical (unpaired) electrons. The zero-order valence-corrected chi connectivity index (χ0v) is 9.65. The smallest absolute Gasteiger partial charge is 0.410 e. The number of carboxylic acid groups (broad SMARTS) is 1. The summed E-state index contributed by atoms with van der Waals surface area (Å²) in [5, 5.41) is 12.6. The molecule has 96 valence electrons. The summed E-state index contributed by atoms with van der Waals surface area (Å²) in [7, 11) is 0. The van der Waals surface area contributed by atoms with E-state index in [1.165, 1.54) is 17.0 Å². The third kappa shape index (κ3) is 2.34. The van der Waals surface area contributed by atoms with Gasteiger partial charge in [-0.15, -0.1) is 0 Å². The van der Waals surface area contributed by atoms with Gasteiger partial charge in [0.05, 0.1) is 6.04 Å². The first-order valence-corrected chi connectivity index (χ1v) is 5.43. The van der Waals surface area contributed by atoms with Crippen molar-refractivity contribution in [1.29, 1.82) is 0 Å². The Bertz CT molecular complexity index is 476. The molecule has 1 aliphatic heterocycles. The van der Waals surface area contributed by atoms with E-state index in [1.807, 2.05) is 0 Å². The largest absolute Gasteiger partial charge is 0.476 e. The van der Waals surface area contributed by atoms with Gasteiger partial charge in [-0.1, -0.05) is 12.7 Å². The van der Waals surface area contributed by atoms with E-state index < -0.39 is 12.1 Å². The Kier molecular flexibility index (Phi) is 3.31. The zero-order chi connectivity index (χ0) is 13.1. The molecule has 1 aliphatic rings. The molecular weight excluding hydrogens is 238 g/mol. The zero-order valence-electron chi connectivity index (χ0n) is 9.65. The second-order valence-corrected chi connectivity index (χ2v) is 3.91. The minimum absolute atomic E-state index is 0.00249. The van der Waals surface area contributed by atoms with Gasteiger partial charge in [-0.2, -0.15) is 5.10 Å². The molecule has 2 heterocycles. The van der Waals surface area contributed by atoms with Crippen LogP contribution in [-0.2, 0) is 4.74 Å². The van der Waals surface area contributed by atoms with Crippen LogP contribution in [0.25, 0.3) is 0 Å². The van der Waals surface area contributed by atoms with Crippen LogP contribution in [0.3, 0.4) is 0 Å². The quantitative estimate of drug-likeness (QED) is 0.798. The second-order valence-electron chi connectivity index (χ2n) is 3.91. The molecule has 1 fully saturated rings. The lowest BCUT2D eigenvalue weighted by atomic mass is 10.1. The molecule has 2 rings (SSSR count). The third-order valence-electron chi connectivity index (χ3n) is 2.65. The molecule has 7 heteroatoms. The third-order valence-corrected chi connectivity index (χ3v) is 2.65. The van der Waals surface area contributed by atoms with Crippen LogP contribution in [0.1, 0.15) is 16.5 Å². The molecule has 0 spiro atoms. The van der Waals surface area contributed by atoms with Gasteiger partial charge in [0.1, 0.15) is 6.61 Å². The summed E-state index contributed by atoms with van der Waals surface area (Å²) in [5.74, 6) is -1.06. The van der Waals surface area contributed by atoms with Crippen molar-refractivity contribution in [1.82, 2.24) is 14.7 Å². The molecular formula is C11H13N3O4. The van der Waals surface area contributed by atoms with Crippen molar-refractivity contribution in [2.75, 3.05) is 19.7 Å². The molecule has 0 unspecified atom stereocenters. The number of carbonyl (C=O) groups excluding carboxylic acids is 1. The van der Waals surface area contributed by atoms with Gasteiger partial charge in [0.2, 0.25) is 0 Å². The van der Waals surface area contributed by atoms with Crippen LogP contribution >= 0.6 is 0 Å². The molecule has 1 saturated heterocycles. The van der Waals surface area contributed by atoms with E-state index >= 15 is 0 Å². The number of likely N-dealkylation sites (tertiary alicyclic amines) is 1. The van der Waals surface area contributed by atoms with Gasteiger partial charge < -0.3 is 14.7 Å². The van der Waals surface area contributed by atoms with E-state index in [4.69, 9.17) is 9.84 Å². The van der Waals surface area contributed by atoms with Gasteiger partial charge in [-0.25, -0.2) is 9.59 Å². The summed E-state index contributed by atoms with van der Waals surface area (Å²) in [4.78, 5) is 23.6. The molecule has 18 heavy (non-hydrogen) atoms. The summed E-state index contributed by atoms with van der Waals surface area (Å²) in [6, 6.07) is 1.44. The summed E-state index contributed by atoms with van der Waals surface area (Å²) in [6.45, 7) is 4.58. The highest BCUT2D eigenvalue weighted by atomic mass is 16.6. The van der Waals surface area contributed by atoms with Crippen LogP contribution in [0.15, 0.2) is 24.9 Å². The maximum Gasteiger partial charge on any atom is 0.410 e. The summed E-state index contributed by atoms with van der Waals surface area (Å²) in [6.07, 6.45) is 2.71. The SMILES string of the molecule is C=CCOC(=O)N1CC(n2ccc(C(=O)O)n2)C1. The monoisotopic (exact) mass is 251 g/mol. The molecule has 7 nitrogen and oxygen atoms in total. The molecule has 1 aromatic rings. The molecule has 0 aliphatic carbocycles. The fourth-order valence-corrected chi connectivity index (χ4v) is 1.65. The van der Waals surface area contributed by atoms with Crippen LogP contribution < -0.4 is 0 Å². The summed E-state index contributed by atoms with van der Waals surface area (Å²) in [5.41, 5.74) is 0.00249. The lowest BCUT2D eigenvalue weighted by Crippen LogP contribution is -2.51. The molecule has 1 N–H and O–H groups in total. The van der Waals surface area contributed by atoms with E-state index in [-0.39, 0.29) is 18.3 Å². The van der Waals surface area contributed by atoms with Crippen molar-refractivity contribution in [2.24, 2.45) is 0 Å². The number of aromatic carboxylic acids is 1. The van der Waals surface area contributed by atoms with Crippen molar-refractivity contribution in [2.45, 2.75) is 6.04 Å². The van der Waals surface area contributed by atoms with E-state index in [1.54, 1.807) is 10.9 Å². The molecule has 0 saturated carbocycles. The second kappa shape index (κ2) is 4.91. The first kappa shape index (κ1) is 12.2. The number of ether oxygens (including phenoxy) is 1. The average Bonchev–Trinajstić information content (AvgIpc) is 2.73. The Morgan fingerprint density at radius 1 is 1.61 bits per heavy atom. The topological polar surface area (TPSA) is 84.7 Å². The first-order valence-electron chi connectivity index (χ1n) is 5.43. The van der Waals surface area contributed by atoms with Crippen molar-refractivity contribution >= 4 is 12.1 Å². The van der Waals surface area contributed by atoms with Gasteiger partial charge >= 0.3 is 12.1 Å². The van der Waals surface area contributed by atoms with Crippen LogP contribution in [0.2, 0.25) is 0 Å². The number of aromatic nitrogens is 2. The normalized spacial score (nSPS) is 15.0. The van der Waals surface area contributed by atoms with Crippen LogP contribution in [0.4, 0.5) is 4.79 Å². The highest BCUT2D eigenvalue weighted by molar-refractivity contribution is 5.85. The Labute approximate surface area is 103 Å². The standard InChI is InChI=1S/C11H13N3O4/c1-2-5-18-11(17)13-6-8(7-13)14-4-3-9(12-14)10(15)16/h2-4,8H,1,5-7H2,(H,15,16). The van der Waals surface area contributed by atoms with Crippen LogP contribution in [0, 0.1) is 0 Å². The van der Waals surface area contributed by atoms with E-state index in [0.29, 0.717) is 13.1 Å². The highest BCUT2D eigenvalue weighted by Gasteiger charge is 2.33. The fourth-order valence-electron chi connectivity index (χ4n) is 1.65. The summed E-state index contributed by atoms with van der Waals surface area (Å²) >= 11 is 0. The van der Waals surface area contributed by atoms with E-state index in [0.717, 1.165) is 0 Å². The van der Waals surface area contributed by atoms with Gasteiger partial charge in [0, 0.05) is 19.3 Å². The molecule has 0 bridgehead atoms. The predicted molar refractivity (Wildman–Crippen MR) is 61.3 cm³/mol. The highest BCUT2D eigenvalue weighted by Crippen LogP contribution is 2.21. The van der Waals surface area contributed by atoms with Crippen LogP contribution in [-0.4, -0.2) is 51.5 Å². The molecule has 0 aromatic carbocycles. The maximum absolute atomic E-state index is 11.4. The number of amides is 1. The summed E-state index contributed by atoms with van der Waals surface area (Å²) < 4.78 is 6.42. The van der Waals surface area contributed by atoms with Gasteiger partial charge in [0.15, 0.2) is 5.69 Å². The number of hydrogen-bond acceptors (Lipinski definition) is 4. The number of nitrogens with zero attached hydrogens (tertiary/aromatic N) is 3. The van der Waals surface area contributed by atoms with Crippen molar-refractivity contribution in [3.63, 3.8) is 0 Å². The van der Waals surface area contributed by atoms with Crippen LogP contribution in [0.5, 0.6) is 0 Å². The lowest BCUT2D eigenvalue weighted by molar-refractivity contribution is 0.0587. The molecule has 0 atom stereocenters.